The standard InChI is InChI=1S/C71H79N3O9S/c1-43-12-13-50-34-59-23-25-61(50)63(43)37-65(84(79,80)81)64-36-53-31-52(35-60-29-45(41-75)10-7-11-49-32-58(77)22-24-62(49)67(53)82-60)66(64)47-16-19-55(20-17-47)71(83-59,74-68(72)73)40-56(28-44-8-3-2-4-9-44)70(78)39-54(38-69(42-70)26-5-6-27-69)48-15-14-46-18-21-57(76)33-51(46)30-48/h2-4,8-9,14-25,30,32-34,36,43,45,52,54,56,60,63-67,75-78H,5-6,10,12-13,26-29,31,35,37-42H2,1H3,(H4,72,73,74)(H,79,80,81). The van der Waals surface area contributed by atoms with Crippen molar-refractivity contribution in [2.45, 2.75) is 156 Å². The van der Waals surface area contributed by atoms with Crippen molar-refractivity contribution in [2.75, 3.05) is 6.61 Å². The molecule has 10 bridgehead atoms. The maximum Gasteiger partial charge on any atom is 0.268 e. The largest absolute Gasteiger partial charge is 0.508 e. The van der Waals surface area contributed by atoms with Gasteiger partial charge in [0.1, 0.15) is 23.4 Å². The first-order chi connectivity index (χ1) is 40.4. The number of aromatic hydroxyl groups is 2. The highest BCUT2D eigenvalue weighted by molar-refractivity contribution is 7.86. The highest BCUT2D eigenvalue weighted by Gasteiger charge is 2.55. The van der Waals surface area contributed by atoms with Gasteiger partial charge in [-0.15, -0.1) is 0 Å². The van der Waals surface area contributed by atoms with Gasteiger partial charge in [-0.25, -0.2) is 4.99 Å². The number of hydrogen-bond donors (Lipinski definition) is 7. The van der Waals surface area contributed by atoms with Gasteiger partial charge in [-0.3, -0.25) is 4.55 Å². The fourth-order valence-corrected chi connectivity index (χ4v) is 18.4. The number of allylic oxidation sites excluding steroid dienone is 1. The molecule has 12 nitrogen and oxygen atoms in total. The van der Waals surface area contributed by atoms with E-state index in [1.165, 1.54) is 0 Å². The number of hydrogen-bond acceptors (Lipinski definition) is 9. The summed E-state index contributed by atoms with van der Waals surface area (Å²) in [6.07, 6.45) is 11.9. The van der Waals surface area contributed by atoms with Crippen molar-refractivity contribution in [2.24, 2.45) is 51.5 Å². The molecule has 84 heavy (non-hydrogen) atoms. The van der Waals surface area contributed by atoms with Crippen LogP contribution in [0.5, 0.6) is 17.2 Å². The molecule has 13 heteroatoms. The maximum absolute atomic E-state index is 14.5. The molecule has 1 saturated heterocycles. The van der Waals surface area contributed by atoms with Crippen LogP contribution in [0.1, 0.15) is 165 Å². The molecule has 9 aliphatic rings. The van der Waals surface area contributed by atoms with Gasteiger partial charge in [0.05, 0.1) is 17.0 Å². The molecule has 5 heterocycles. The molecule has 0 amide bonds. The van der Waals surface area contributed by atoms with Crippen LogP contribution in [-0.2, 0) is 33.4 Å². The number of aliphatic hydroxyl groups excluding tert-OH is 1. The monoisotopic (exact) mass is 1150 g/mol. The van der Waals surface area contributed by atoms with E-state index in [1.807, 2.05) is 54.6 Å². The maximum atomic E-state index is 14.5. The van der Waals surface area contributed by atoms with Gasteiger partial charge in [-0.2, -0.15) is 8.42 Å². The molecule has 0 aromatic heterocycles. The van der Waals surface area contributed by atoms with Crippen LogP contribution < -0.4 is 16.2 Å². The fraction of sp³-hybridized carbons (Fsp3) is 0.451. The molecule has 15 rings (SSSR count). The number of aliphatic imine (C=N–C) groups is 1. The predicted octanol–water partition coefficient (Wildman–Crippen LogP) is 12.5. The third-order valence-corrected chi connectivity index (χ3v) is 22.4. The molecular weight excluding hydrogens is 1070 g/mol. The van der Waals surface area contributed by atoms with Crippen LogP contribution in [0.4, 0.5) is 0 Å². The van der Waals surface area contributed by atoms with Crippen molar-refractivity contribution in [3.63, 3.8) is 0 Å². The summed E-state index contributed by atoms with van der Waals surface area (Å²) in [5, 5.41) is 47.1. The number of phenols is 2. The van der Waals surface area contributed by atoms with Crippen LogP contribution in [-0.4, -0.2) is 62.9 Å². The Morgan fingerprint density at radius 1 is 0.833 bits per heavy atom. The zero-order valence-electron chi connectivity index (χ0n) is 48.0. The van der Waals surface area contributed by atoms with E-state index in [0.717, 1.165) is 94.7 Å². The van der Waals surface area contributed by atoms with E-state index >= 15 is 0 Å². The minimum Gasteiger partial charge on any atom is -0.508 e. The van der Waals surface area contributed by atoms with Gasteiger partial charge < -0.3 is 41.4 Å². The van der Waals surface area contributed by atoms with E-state index in [-0.39, 0.29) is 78.0 Å². The molecule has 2 saturated carbocycles. The summed E-state index contributed by atoms with van der Waals surface area (Å²) in [5.41, 5.74) is 18.6. The smallest absolute Gasteiger partial charge is 0.268 e. The Kier molecular flexibility index (Phi) is 15.0. The Bertz CT molecular complexity index is 3700. The first kappa shape index (κ1) is 56.5. The molecule has 13 unspecified atom stereocenters. The number of guanidine groups is 1. The minimum absolute atomic E-state index is 0.0159. The summed E-state index contributed by atoms with van der Waals surface area (Å²) in [4.78, 5) is 5.24. The van der Waals surface area contributed by atoms with Crippen molar-refractivity contribution in [1.29, 1.82) is 0 Å². The lowest BCUT2D eigenvalue weighted by molar-refractivity contribution is -0.116. The number of nitrogens with two attached hydrogens (primary N) is 2. The first-order valence-electron chi connectivity index (χ1n) is 30.7. The van der Waals surface area contributed by atoms with Gasteiger partial charge in [0.15, 0.2) is 5.96 Å². The van der Waals surface area contributed by atoms with Gasteiger partial charge in [0.25, 0.3) is 10.1 Å². The average molecular weight is 1150 g/mol. The molecule has 3 fully saturated rings. The van der Waals surface area contributed by atoms with Crippen LogP contribution in [0.25, 0.3) is 10.8 Å². The van der Waals surface area contributed by atoms with Gasteiger partial charge in [0, 0.05) is 42.1 Å². The van der Waals surface area contributed by atoms with Crippen LogP contribution in [0, 0.1) is 46.8 Å². The van der Waals surface area contributed by atoms with Crippen LogP contribution in [0.3, 0.4) is 0 Å². The predicted molar refractivity (Wildman–Crippen MR) is 327 cm³/mol. The minimum atomic E-state index is -4.71. The summed E-state index contributed by atoms with van der Waals surface area (Å²) in [7, 11) is -4.71. The van der Waals surface area contributed by atoms with Gasteiger partial charge in [-0.1, -0.05) is 129 Å². The number of rotatable bonds is 9. The molecule has 0 radical (unpaired) electrons. The molecule has 1 spiro atoms. The van der Waals surface area contributed by atoms with Gasteiger partial charge in [0.2, 0.25) is 5.72 Å². The van der Waals surface area contributed by atoms with E-state index in [1.54, 1.807) is 18.2 Å². The molecular formula is C71H79N3O9S. The van der Waals surface area contributed by atoms with E-state index < -0.39 is 50.6 Å². The number of fused-ring (bicyclic) bond motifs is 10. The van der Waals surface area contributed by atoms with E-state index in [9.17, 15) is 33.4 Å². The summed E-state index contributed by atoms with van der Waals surface area (Å²) in [5.74, 6) is 5.20. The highest BCUT2D eigenvalue weighted by atomic mass is 32.2. The Morgan fingerprint density at radius 2 is 1.58 bits per heavy atom. The summed E-state index contributed by atoms with van der Waals surface area (Å²) in [6.45, 7) is 2.10. The fourth-order valence-electron chi connectivity index (χ4n) is 17.3. The number of phenolic OH excluding ortho intramolecular Hbond substituents is 2. The second kappa shape index (κ2) is 22.3. The Labute approximate surface area is 494 Å². The first-order valence-corrected chi connectivity index (χ1v) is 32.2. The third kappa shape index (κ3) is 11.0. The average Bonchev–Trinajstić information content (AvgIpc) is 1.91. The van der Waals surface area contributed by atoms with Crippen LogP contribution in [0.15, 0.2) is 144 Å². The van der Waals surface area contributed by atoms with E-state index in [0.29, 0.717) is 61.8 Å². The van der Waals surface area contributed by atoms with Gasteiger partial charge >= 0.3 is 0 Å². The SMILES string of the molecule is CC1CCc2cc3ccc2C1CC(S(=O)(=O)O)C1C=C2CC(CC4CC(CO)CC#Cc5cc(O)ccc5C2O4)C1c1ccc(cc1)C(CC(Cc1ccccc1)C1(O)CC(c2ccc4ccc(O)cc4c2)CC2(CCCC2)C1)(N=C(N)N)O3. The van der Waals surface area contributed by atoms with Crippen LogP contribution >= 0.6 is 0 Å². The second-order valence-electron chi connectivity index (χ2n) is 26.5. The Hall–Kier alpha value is -6.66. The lowest BCUT2D eigenvalue weighted by Crippen LogP contribution is -2.52. The molecule has 438 valence electrons. The van der Waals surface area contributed by atoms with Crippen molar-refractivity contribution in [1.82, 2.24) is 0 Å². The van der Waals surface area contributed by atoms with E-state index in [4.69, 9.17) is 25.9 Å². The number of ether oxygens (including phenoxy) is 2. The summed E-state index contributed by atoms with van der Waals surface area (Å²) < 4.78 is 55.7. The normalized spacial score (nSPS) is 30.9. The second-order valence-corrected chi connectivity index (χ2v) is 28.2. The molecule has 4 aliphatic carbocycles. The Balaban J connectivity index is 0.983. The number of aryl methyl sites for hydroxylation is 1. The molecule has 5 aliphatic heterocycles. The number of nitrogens with zero attached hydrogens (tertiary/aromatic N) is 1. The third-order valence-electron chi connectivity index (χ3n) is 21.1. The molecule has 13 atom stereocenters. The number of aliphatic hydroxyl groups is 2. The van der Waals surface area contributed by atoms with Crippen molar-refractivity contribution in [3.05, 3.63) is 184 Å². The zero-order valence-corrected chi connectivity index (χ0v) is 48.8. The van der Waals surface area contributed by atoms with Crippen molar-refractivity contribution < 1.29 is 42.9 Å². The van der Waals surface area contributed by atoms with E-state index in [2.05, 4.69) is 79.4 Å². The molecule has 6 aromatic rings. The lowest BCUT2D eigenvalue weighted by atomic mass is 9.57. The quantitative estimate of drug-likeness (QED) is 0.0237. The lowest BCUT2D eigenvalue weighted by Gasteiger charge is -2.52. The molecule has 6 aromatic carbocycles. The highest BCUT2D eigenvalue weighted by Crippen LogP contribution is 2.60. The zero-order chi connectivity index (χ0) is 58.1. The summed E-state index contributed by atoms with van der Waals surface area (Å²) in [6, 6.07) is 41.8. The van der Waals surface area contributed by atoms with Gasteiger partial charge in [-0.05, 0) is 204 Å². The van der Waals surface area contributed by atoms with Crippen LogP contribution in [0.2, 0.25) is 0 Å². The van der Waals surface area contributed by atoms with Crippen molar-refractivity contribution in [3.8, 4) is 29.1 Å². The summed E-state index contributed by atoms with van der Waals surface area (Å²) >= 11 is 0. The Morgan fingerprint density at radius 3 is 2.36 bits per heavy atom. The number of benzene rings is 6. The molecule has 9 N–H and O–H groups in total. The van der Waals surface area contributed by atoms with Crippen molar-refractivity contribution >= 4 is 26.9 Å². The topological polar surface area (TPSA) is 218 Å².